The minimum Gasteiger partial charge on any atom is -0.392 e. The van der Waals surface area contributed by atoms with Gasteiger partial charge in [0.15, 0.2) is 0 Å². The van der Waals surface area contributed by atoms with E-state index in [-0.39, 0.29) is 6.61 Å². The second-order valence-corrected chi connectivity index (χ2v) is 6.31. The van der Waals surface area contributed by atoms with Gasteiger partial charge in [0.25, 0.3) is 0 Å². The first-order valence-corrected chi connectivity index (χ1v) is 7.59. The zero-order valence-corrected chi connectivity index (χ0v) is 10.9. The van der Waals surface area contributed by atoms with Crippen LogP contribution in [0.1, 0.15) is 30.0 Å². The molecule has 88 valence electrons. The summed E-state index contributed by atoms with van der Waals surface area (Å²) in [6, 6.07) is 0. The Morgan fingerprint density at radius 2 is 2.00 bits per heavy atom. The van der Waals surface area contributed by atoms with Gasteiger partial charge in [0, 0.05) is 34.7 Å². The highest BCUT2D eigenvalue weighted by Crippen LogP contribution is 2.42. The number of aromatic nitrogens is 2. The molecule has 1 aromatic rings. The number of aliphatic hydroxyl groups is 1. The normalized spacial score (nSPS) is 25.6. The van der Waals surface area contributed by atoms with Crippen LogP contribution in [0.15, 0.2) is 12.4 Å². The summed E-state index contributed by atoms with van der Waals surface area (Å²) in [6.45, 7) is 2.24. The van der Waals surface area contributed by atoms with Gasteiger partial charge in [0.1, 0.15) is 5.82 Å². The molecule has 2 heterocycles. The first-order valence-electron chi connectivity index (χ1n) is 5.50. The van der Waals surface area contributed by atoms with Crippen molar-refractivity contribution < 1.29 is 5.11 Å². The van der Waals surface area contributed by atoms with E-state index >= 15 is 0 Å². The van der Waals surface area contributed by atoms with Gasteiger partial charge in [0.05, 0.1) is 11.9 Å². The second-order valence-electron chi connectivity index (χ2n) is 3.72. The van der Waals surface area contributed by atoms with Crippen molar-refractivity contribution in [2.24, 2.45) is 0 Å². The lowest BCUT2D eigenvalue weighted by Crippen LogP contribution is -2.20. The van der Waals surface area contributed by atoms with Crippen molar-refractivity contribution in [2.45, 2.75) is 30.5 Å². The molecule has 3 nitrogen and oxygen atoms in total. The number of aliphatic hydroxyl groups excluding tert-OH is 1. The molecule has 0 aliphatic carbocycles. The predicted molar refractivity (Wildman–Crippen MR) is 69.7 cm³/mol. The minimum atomic E-state index is 0.0179. The van der Waals surface area contributed by atoms with Crippen molar-refractivity contribution >= 4 is 23.5 Å². The van der Waals surface area contributed by atoms with Gasteiger partial charge in [-0.25, -0.2) is 9.97 Å². The van der Waals surface area contributed by atoms with Crippen LogP contribution in [0.2, 0.25) is 0 Å². The van der Waals surface area contributed by atoms with Gasteiger partial charge in [-0.2, -0.15) is 11.8 Å². The van der Waals surface area contributed by atoms with Crippen molar-refractivity contribution in [2.75, 3.05) is 11.5 Å². The molecule has 5 heteroatoms. The molecule has 1 N–H and O–H groups in total. The summed E-state index contributed by atoms with van der Waals surface area (Å²) < 4.78 is 0. The highest BCUT2D eigenvalue weighted by atomic mass is 32.2. The predicted octanol–water partition coefficient (Wildman–Crippen LogP) is 2.27. The summed E-state index contributed by atoms with van der Waals surface area (Å²) in [4.78, 5) is 8.73. The number of rotatable bonds is 3. The Labute approximate surface area is 104 Å². The van der Waals surface area contributed by atoms with Gasteiger partial charge in [-0.1, -0.05) is 6.92 Å². The lowest BCUT2D eigenvalue weighted by atomic mass is 10.2. The monoisotopic (exact) mass is 256 g/mol. The molecule has 1 aliphatic heterocycles. The van der Waals surface area contributed by atoms with E-state index < -0.39 is 0 Å². The molecule has 2 rings (SSSR count). The van der Waals surface area contributed by atoms with Crippen molar-refractivity contribution in [3.63, 3.8) is 0 Å². The molecule has 1 aromatic heterocycles. The highest BCUT2D eigenvalue weighted by molar-refractivity contribution is 8.06. The third-order valence-corrected chi connectivity index (χ3v) is 5.86. The number of nitrogens with zero attached hydrogens (tertiary/aromatic N) is 2. The maximum Gasteiger partial charge on any atom is 0.142 e. The Balaban J connectivity index is 2.14. The van der Waals surface area contributed by atoms with Crippen LogP contribution in [0.25, 0.3) is 0 Å². The Bertz CT molecular complexity index is 331. The molecular formula is C11H16N2OS2. The molecule has 0 saturated carbocycles. The van der Waals surface area contributed by atoms with Crippen LogP contribution < -0.4 is 0 Å². The standard InChI is InChI=1S/C11H16N2OS2/c1-2-9-10(16-4-3-15-9)11-12-5-8(7-14)6-13-11/h5-6,9-10,14H,2-4,7H2,1H3. The molecule has 2 atom stereocenters. The number of hydrogen-bond donors (Lipinski definition) is 1. The van der Waals surface area contributed by atoms with E-state index in [1.807, 2.05) is 23.5 Å². The van der Waals surface area contributed by atoms with E-state index in [0.717, 1.165) is 17.8 Å². The minimum absolute atomic E-state index is 0.0179. The van der Waals surface area contributed by atoms with Gasteiger partial charge in [-0.15, -0.1) is 11.8 Å². The molecule has 16 heavy (non-hydrogen) atoms. The fourth-order valence-electron chi connectivity index (χ4n) is 1.74. The van der Waals surface area contributed by atoms with E-state index in [2.05, 4.69) is 16.9 Å². The molecule has 1 aliphatic rings. The summed E-state index contributed by atoms with van der Waals surface area (Å²) in [5, 5.41) is 9.98. The molecule has 1 fully saturated rings. The van der Waals surface area contributed by atoms with E-state index in [9.17, 15) is 0 Å². The van der Waals surface area contributed by atoms with Crippen molar-refractivity contribution in [1.82, 2.24) is 9.97 Å². The molecular weight excluding hydrogens is 240 g/mol. The quantitative estimate of drug-likeness (QED) is 0.899. The van der Waals surface area contributed by atoms with E-state index in [4.69, 9.17) is 5.11 Å². The van der Waals surface area contributed by atoms with Gasteiger partial charge in [0.2, 0.25) is 0 Å². The maximum atomic E-state index is 8.95. The Hall–Kier alpha value is -0.260. The lowest BCUT2D eigenvalue weighted by Gasteiger charge is -2.28. The molecule has 0 radical (unpaired) electrons. The Morgan fingerprint density at radius 3 is 2.62 bits per heavy atom. The molecule has 2 unspecified atom stereocenters. The second kappa shape index (κ2) is 5.89. The van der Waals surface area contributed by atoms with Gasteiger partial charge in [-0.3, -0.25) is 0 Å². The summed E-state index contributed by atoms with van der Waals surface area (Å²) in [7, 11) is 0. The fourth-order valence-corrected chi connectivity index (χ4v) is 4.74. The van der Waals surface area contributed by atoms with Crippen LogP contribution in [-0.4, -0.2) is 31.8 Å². The van der Waals surface area contributed by atoms with Crippen LogP contribution >= 0.6 is 23.5 Å². The fraction of sp³-hybridized carbons (Fsp3) is 0.636. The molecule has 0 spiro atoms. The summed E-state index contributed by atoms with van der Waals surface area (Å²) >= 11 is 3.98. The van der Waals surface area contributed by atoms with E-state index in [0.29, 0.717) is 10.5 Å². The largest absolute Gasteiger partial charge is 0.392 e. The van der Waals surface area contributed by atoms with Crippen LogP contribution in [0.3, 0.4) is 0 Å². The topological polar surface area (TPSA) is 46.0 Å². The number of thioether (sulfide) groups is 2. The first kappa shape index (κ1) is 12.2. The number of hydrogen-bond acceptors (Lipinski definition) is 5. The summed E-state index contributed by atoms with van der Waals surface area (Å²) in [5.74, 6) is 3.33. The maximum absolute atomic E-state index is 8.95. The SMILES string of the molecule is CCC1SCCSC1c1ncc(CO)cn1. The van der Waals surface area contributed by atoms with E-state index in [1.54, 1.807) is 12.4 Å². The molecule has 0 amide bonds. The zero-order chi connectivity index (χ0) is 11.4. The molecule has 0 bridgehead atoms. The summed E-state index contributed by atoms with van der Waals surface area (Å²) in [5.41, 5.74) is 0.783. The third kappa shape index (κ3) is 2.70. The van der Waals surface area contributed by atoms with Crippen LogP contribution in [0.5, 0.6) is 0 Å². The average molecular weight is 256 g/mol. The Morgan fingerprint density at radius 1 is 1.31 bits per heavy atom. The van der Waals surface area contributed by atoms with Gasteiger partial charge < -0.3 is 5.11 Å². The van der Waals surface area contributed by atoms with Crippen molar-refractivity contribution in [1.29, 1.82) is 0 Å². The summed E-state index contributed by atoms with van der Waals surface area (Å²) in [6.07, 6.45) is 4.62. The zero-order valence-electron chi connectivity index (χ0n) is 9.30. The van der Waals surface area contributed by atoms with Crippen molar-refractivity contribution in [3.05, 3.63) is 23.8 Å². The van der Waals surface area contributed by atoms with Crippen molar-refractivity contribution in [3.8, 4) is 0 Å². The first-order chi connectivity index (χ1) is 7.85. The molecule has 0 aromatic carbocycles. The third-order valence-electron chi connectivity index (χ3n) is 2.62. The van der Waals surface area contributed by atoms with Crippen LogP contribution in [0.4, 0.5) is 0 Å². The van der Waals surface area contributed by atoms with Crippen LogP contribution in [0, 0.1) is 0 Å². The smallest absolute Gasteiger partial charge is 0.142 e. The Kier molecular flexibility index (Phi) is 4.49. The molecule has 1 saturated heterocycles. The van der Waals surface area contributed by atoms with Gasteiger partial charge in [-0.05, 0) is 6.42 Å². The van der Waals surface area contributed by atoms with Gasteiger partial charge >= 0.3 is 0 Å². The van der Waals surface area contributed by atoms with E-state index in [1.165, 1.54) is 11.5 Å². The highest BCUT2D eigenvalue weighted by Gasteiger charge is 2.28. The average Bonchev–Trinajstić information content (AvgIpc) is 2.39. The lowest BCUT2D eigenvalue weighted by molar-refractivity contribution is 0.280. The van der Waals surface area contributed by atoms with Crippen LogP contribution in [-0.2, 0) is 6.61 Å².